The summed E-state index contributed by atoms with van der Waals surface area (Å²) >= 11 is 0. The van der Waals surface area contributed by atoms with Crippen molar-refractivity contribution in [3.63, 3.8) is 0 Å². The van der Waals surface area contributed by atoms with Gasteiger partial charge in [0.2, 0.25) is 0 Å². The van der Waals surface area contributed by atoms with Gasteiger partial charge >= 0.3 is 7.12 Å². The van der Waals surface area contributed by atoms with Gasteiger partial charge in [0.15, 0.2) is 0 Å². The van der Waals surface area contributed by atoms with Crippen LogP contribution in [0.4, 0.5) is 0 Å². The Morgan fingerprint density at radius 1 is 0.299 bits per heavy atom. The van der Waals surface area contributed by atoms with Gasteiger partial charge in [-0.3, -0.25) is 0 Å². The van der Waals surface area contributed by atoms with Gasteiger partial charge in [-0.2, -0.15) is 0 Å². The second kappa shape index (κ2) is 32.8. The van der Waals surface area contributed by atoms with Crippen molar-refractivity contribution in [1.29, 1.82) is 0 Å². The van der Waals surface area contributed by atoms with Crippen molar-refractivity contribution in [3.05, 3.63) is 152 Å². The Morgan fingerprint density at radius 2 is 0.506 bits per heavy atom. The quantitative estimate of drug-likeness (QED) is 0.0369. The van der Waals surface area contributed by atoms with Crippen LogP contribution in [-0.4, -0.2) is 44.7 Å². The largest absolute Gasteiger partial charge is 0.494 e. The molecule has 0 spiro atoms. The molecule has 0 aromatic heterocycles. The van der Waals surface area contributed by atoms with Gasteiger partial charge in [0.25, 0.3) is 0 Å². The Labute approximate surface area is 526 Å². The molecule has 1 aliphatic rings. The van der Waals surface area contributed by atoms with Gasteiger partial charge < -0.3 is 28.3 Å². The topological polar surface area (TPSA) is 55.4 Å². The summed E-state index contributed by atoms with van der Waals surface area (Å²) in [4.78, 5) is 0. The molecule has 1 fully saturated rings. The third-order valence-electron chi connectivity index (χ3n) is 18.9. The van der Waals surface area contributed by atoms with E-state index in [0.29, 0.717) is 23.7 Å². The highest BCUT2D eigenvalue weighted by Gasteiger charge is 2.52. The Kier molecular flexibility index (Phi) is 25.1. The minimum Gasteiger partial charge on any atom is -0.493 e. The van der Waals surface area contributed by atoms with Gasteiger partial charge in [-0.15, -0.1) is 0 Å². The van der Waals surface area contributed by atoms with E-state index in [4.69, 9.17) is 28.3 Å². The molecular weight excluding hydrogens is 1070 g/mol. The average Bonchev–Trinajstić information content (AvgIpc) is 1.90. The summed E-state index contributed by atoms with van der Waals surface area (Å²) in [6, 6.07) is 55.8. The van der Waals surface area contributed by atoms with Crippen molar-refractivity contribution in [3.8, 4) is 89.8 Å². The highest BCUT2D eigenvalue weighted by molar-refractivity contribution is 6.62. The van der Waals surface area contributed by atoms with Crippen LogP contribution in [0, 0.1) is 23.7 Å². The number of unbranched alkanes of at least 4 members (excludes halogenated alkanes) is 4. The molecule has 7 aromatic rings. The van der Waals surface area contributed by atoms with E-state index < -0.39 is 18.3 Å². The molecule has 1 heterocycles. The predicted molar refractivity (Wildman–Crippen MR) is 370 cm³/mol. The predicted octanol–water partition coefficient (Wildman–Crippen LogP) is 22.4. The van der Waals surface area contributed by atoms with Crippen LogP contribution in [0.2, 0.25) is 0 Å². The van der Waals surface area contributed by atoms with E-state index in [1.807, 2.05) is 0 Å². The first kappa shape index (κ1) is 66.7. The maximum absolute atomic E-state index is 6.92. The smallest absolute Gasteiger partial charge is 0.493 e. The van der Waals surface area contributed by atoms with Gasteiger partial charge in [0.05, 0.1) is 37.6 Å². The van der Waals surface area contributed by atoms with E-state index in [0.717, 1.165) is 147 Å². The maximum atomic E-state index is 6.92. The van der Waals surface area contributed by atoms with Crippen molar-refractivity contribution in [2.75, 3.05) is 26.4 Å². The van der Waals surface area contributed by atoms with Gasteiger partial charge in [-0.1, -0.05) is 193 Å². The number of ether oxygens (including phenoxy) is 4. The number of rotatable bonds is 35. The molecule has 7 aromatic carbocycles. The molecule has 4 unspecified atom stereocenters. The van der Waals surface area contributed by atoms with E-state index >= 15 is 0 Å². The molecular formula is C80H105BO6. The van der Waals surface area contributed by atoms with Crippen molar-refractivity contribution in [2.24, 2.45) is 23.7 Å². The number of benzene rings is 7. The zero-order valence-corrected chi connectivity index (χ0v) is 55.4. The van der Waals surface area contributed by atoms with Gasteiger partial charge in [0.1, 0.15) is 23.0 Å². The van der Waals surface area contributed by atoms with E-state index in [1.54, 1.807) is 0 Å². The third kappa shape index (κ3) is 18.6. The first-order valence-corrected chi connectivity index (χ1v) is 33.9. The molecule has 7 heteroatoms. The lowest BCUT2D eigenvalue weighted by atomic mass is 9.76. The van der Waals surface area contributed by atoms with E-state index in [1.165, 1.54) is 77.0 Å². The summed E-state index contributed by atoms with van der Waals surface area (Å²) in [6.07, 6.45) is 19.0. The Morgan fingerprint density at radius 3 is 0.713 bits per heavy atom. The lowest BCUT2D eigenvalue weighted by Gasteiger charge is -2.32. The van der Waals surface area contributed by atoms with Crippen LogP contribution in [0.1, 0.15) is 186 Å². The van der Waals surface area contributed by atoms with E-state index in [2.05, 4.69) is 235 Å². The Balaban J connectivity index is 1.24. The number of hydrogen-bond donors (Lipinski definition) is 0. The van der Waals surface area contributed by atoms with Gasteiger partial charge in [-0.05, 0) is 240 Å². The fourth-order valence-corrected chi connectivity index (χ4v) is 11.8. The first-order valence-electron chi connectivity index (χ1n) is 33.9. The molecule has 1 saturated heterocycles. The molecule has 6 nitrogen and oxygen atoms in total. The van der Waals surface area contributed by atoms with Gasteiger partial charge in [0, 0.05) is 0 Å². The fourth-order valence-electron chi connectivity index (χ4n) is 11.8. The van der Waals surface area contributed by atoms with Crippen molar-refractivity contribution in [2.45, 2.75) is 197 Å². The number of hydrogen-bond acceptors (Lipinski definition) is 6. The second-order valence-corrected chi connectivity index (χ2v) is 26.0. The average molecular weight is 1170 g/mol. The fraction of sp³-hybridized carbons (Fsp3) is 0.475. The molecule has 8 rings (SSSR count). The maximum Gasteiger partial charge on any atom is 0.494 e. The summed E-state index contributed by atoms with van der Waals surface area (Å²) in [5, 5.41) is 0. The lowest BCUT2D eigenvalue weighted by Crippen LogP contribution is -2.41. The second-order valence-electron chi connectivity index (χ2n) is 26.0. The zero-order valence-electron chi connectivity index (χ0n) is 55.4. The molecule has 0 aliphatic carbocycles. The lowest BCUT2D eigenvalue weighted by molar-refractivity contribution is 0.00578. The van der Waals surface area contributed by atoms with Crippen LogP contribution >= 0.6 is 0 Å². The standard InChI is InChI=1S/C80H105BO6/c1-13-21-25-58(17-5)54-82-75-37-29-62(30-38-75)66-45-67(63-31-39-76(40-32-63)83-55-59(18-6)26-22-14-2)48-70(47-66)72-51-73(53-74(52-72)81-86-79(9,10)80(11,12)87-81)71-49-68(64-33-41-77(42-34-64)84-56-60(19-7)27-23-15-3)46-69(50-71)65-35-43-78(44-36-65)85-57-61(20-8)28-24-16-4/h29-53,58-61H,13-28,54-57H2,1-12H3. The summed E-state index contributed by atoms with van der Waals surface area (Å²) in [5.74, 6) is 5.83. The Bertz CT molecular complexity index is 2790. The van der Waals surface area contributed by atoms with Crippen LogP contribution in [0.15, 0.2) is 152 Å². The van der Waals surface area contributed by atoms with Crippen LogP contribution in [0.25, 0.3) is 66.8 Å². The zero-order chi connectivity index (χ0) is 61.8. The highest BCUT2D eigenvalue weighted by Crippen LogP contribution is 2.41. The molecule has 0 N–H and O–H groups in total. The summed E-state index contributed by atoms with van der Waals surface area (Å²) in [6.45, 7) is 29.6. The van der Waals surface area contributed by atoms with Crippen LogP contribution in [-0.2, 0) is 9.31 Å². The molecule has 0 radical (unpaired) electrons. The molecule has 87 heavy (non-hydrogen) atoms. The summed E-state index contributed by atoms with van der Waals surface area (Å²) < 4.78 is 39.7. The van der Waals surface area contributed by atoms with Crippen molar-refractivity contribution < 1.29 is 28.3 Å². The van der Waals surface area contributed by atoms with Crippen LogP contribution in [0.3, 0.4) is 0 Å². The van der Waals surface area contributed by atoms with Crippen molar-refractivity contribution >= 4 is 12.6 Å². The molecule has 464 valence electrons. The Hall–Kier alpha value is -6.28. The molecule has 1 aliphatic heterocycles. The van der Waals surface area contributed by atoms with Crippen LogP contribution < -0.4 is 24.4 Å². The van der Waals surface area contributed by atoms with E-state index in [9.17, 15) is 0 Å². The first-order chi connectivity index (χ1) is 42.2. The van der Waals surface area contributed by atoms with Crippen LogP contribution in [0.5, 0.6) is 23.0 Å². The molecule has 4 atom stereocenters. The SMILES string of the molecule is CCCCC(CC)COc1ccc(-c2cc(-c3ccc(OCC(CC)CCCC)cc3)cc(-c3cc(B4OC(C)(C)C(C)(C)O4)cc(-c4cc(-c5ccc(OCC(CC)CCCC)cc5)cc(-c5ccc(OCC(CC)CCCC)cc5)c4)c3)c2)cc1. The van der Waals surface area contributed by atoms with Gasteiger partial charge in [-0.25, -0.2) is 0 Å². The summed E-state index contributed by atoms with van der Waals surface area (Å²) in [7, 11) is -0.591. The normalized spacial score (nSPS) is 15.0. The van der Waals surface area contributed by atoms with Crippen molar-refractivity contribution in [1.82, 2.24) is 0 Å². The third-order valence-corrected chi connectivity index (χ3v) is 18.9. The molecule has 0 saturated carbocycles. The molecule has 0 amide bonds. The summed E-state index contributed by atoms with van der Waals surface area (Å²) in [5.41, 5.74) is 13.2. The van der Waals surface area contributed by atoms with E-state index in [-0.39, 0.29) is 0 Å². The minimum atomic E-state index is -0.591. The molecule has 0 bridgehead atoms. The monoisotopic (exact) mass is 1170 g/mol. The minimum absolute atomic E-state index is 0.536. The highest BCUT2D eigenvalue weighted by atomic mass is 16.7.